The number of phenolic OH excluding ortho intramolecular Hbond substituents is 1. The van der Waals surface area contributed by atoms with Gasteiger partial charge < -0.3 is 10.4 Å². The van der Waals surface area contributed by atoms with Crippen LogP contribution in [-0.4, -0.2) is 26.8 Å². The Bertz CT molecular complexity index is 895. The maximum absolute atomic E-state index is 12.5. The zero-order valence-corrected chi connectivity index (χ0v) is 14.3. The number of rotatable bonds is 4. The molecule has 1 aromatic heterocycles. The molecule has 0 radical (unpaired) electrons. The van der Waals surface area contributed by atoms with E-state index in [1.807, 2.05) is 23.1 Å². The molecule has 0 spiro atoms. The maximum atomic E-state index is 12.5. The minimum Gasteiger partial charge on any atom is -0.506 e. The normalized spacial score (nSPS) is 10.6. The van der Waals surface area contributed by atoms with Gasteiger partial charge in [-0.05, 0) is 42.7 Å². The number of anilines is 1. The predicted octanol–water partition coefficient (Wildman–Crippen LogP) is 4.21. The molecule has 2 aromatic carbocycles. The SMILES string of the molecule is CSc1nccn1-c1cccc(C(=O)Nc2cc(Cl)ccc2O)c1. The minimum absolute atomic E-state index is 0.0387. The van der Waals surface area contributed by atoms with Crippen molar-refractivity contribution >= 4 is 35.0 Å². The van der Waals surface area contributed by atoms with Gasteiger partial charge in [0.15, 0.2) is 5.16 Å². The number of hydrogen-bond donors (Lipinski definition) is 2. The van der Waals surface area contributed by atoms with E-state index in [4.69, 9.17) is 11.6 Å². The minimum atomic E-state index is -0.333. The summed E-state index contributed by atoms with van der Waals surface area (Å²) in [6, 6.07) is 11.6. The third-order valence-electron chi connectivity index (χ3n) is 3.38. The first kappa shape index (κ1) is 16.4. The number of phenols is 1. The van der Waals surface area contributed by atoms with Crippen LogP contribution in [-0.2, 0) is 0 Å². The lowest BCUT2D eigenvalue weighted by Crippen LogP contribution is -2.12. The van der Waals surface area contributed by atoms with E-state index in [9.17, 15) is 9.90 Å². The number of aromatic hydroxyl groups is 1. The van der Waals surface area contributed by atoms with E-state index in [2.05, 4.69) is 10.3 Å². The highest BCUT2D eigenvalue weighted by Gasteiger charge is 2.11. The molecule has 0 atom stereocenters. The number of thioether (sulfide) groups is 1. The second-order valence-corrected chi connectivity index (χ2v) is 6.16. The number of benzene rings is 2. The molecule has 7 heteroatoms. The van der Waals surface area contributed by atoms with E-state index in [0.717, 1.165) is 10.8 Å². The number of halogens is 1. The fourth-order valence-corrected chi connectivity index (χ4v) is 2.94. The Morgan fingerprint density at radius 3 is 2.92 bits per heavy atom. The zero-order chi connectivity index (χ0) is 17.1. The lowest BCUT2D eigenvalue weighted by molar-refractivity contribution is 0.102. The summed E-state index contributed by atoms with van der Waals surface area (Å²) in [4.78, 5) is 16.7. The van der Waals surface area contributed by atoms with E-state index >= 15 is 0 Å². The standard InChI is InChI=1S/C17H14ClN3O2S/c1-24-17-19-7-8-21(17)13-4-2-3-11(9-13)16(23)20-14-10-12(18)5-6-15(14)22/h2-10,22H,1H3,(H,20,23). The Balaban J connectivity index is 1.88. The van der Waals surface area contributed by atoms with Crippen LogP contribution in [0.15, 0.2) is 60.0 Å². The quantitative estimate of drug-likeness (QED) is 0.541. The smallest absolute Gasteiger partial charge is 0.255 e. The molecule has 0 saturated carbocycles. The van der Waals surface area contributed by atoms with Crippen molar-refractivity contribution in [2.75, 3.05) is 11.6 Å². The third-order valence-corrected chi connectivity index (χ3v) is 4.29. The van der Waals surface area contributed by atoms with Crippen LogP contribution in [0.25, 0.3) is 5.69 Å². The summed E-state index contributed by atoms with van der Waals surface area (Å²) < 4.78 is 1.90. The fraction of sp³-hybridized carbons (Fsp3) is 0.0588. The molecule has 24 heavy (non-hydrogen) atoms. The molecular weight excluding hydrogens is 346 g/mol. The number of imidazole rings is 1. The van der Waals surface area contributed by atoms with Gasteiger partial charge in [0.05, 0.1) is 5.69 Å². The monoisotopic (exact) mass is 359 g/mol. The summed E-state index contributed by atoms with van der Waals surface area (Å²) in [5, 5.41) is 13.7. The molecule has 3 aromatic rings. The third kappa shape index (κ3) is 3.39. The van der Waals surface area contributed by atoms with Gasteiger partial charge in [-0.25, -0.2) is 4.98 Å². The Morgan fingerprint density at radius 1 is 1.29 bits per heavy atom. The number of carbonyl (C=O) groups excluding carboxylic acids is 1. The number of nitrogens with zero attached hydrogens (tertiary/aromatic N) is 2. The molecule has 122 valence electrons. The summed E-state index contributed by atoms with van der Waals surface area (Å²) in [6.45, 7) is 0. The van der Waals surface area contributed by atoms with Crippen molar-refractivity contribution in [2.24, 2.45) is 0 Å². The van der Waals surface area contributed by atoms with Crippen molar-refractivity contribution < 1.29 is 9.90 Å². The van der Waals surface area contributed by atoms with Gasteiger partial charge in [0.25, 0.3) is 5.91 Å². The highest BCUT2D eigenvalue weighted by Crippen LogP contribution is 2.27. The fourth-order valence-electron chi connectivity index (χ4n) is 2.24. The summed E-state index contributed by atoms with van der Waals surface area (Å²) >= 11 is 7.42. The van der Waals surface area contributed by atoms with Crippen LogP contribution < -0.4 is 5.32 Å². The first-order valence-corrected chi connectivity index (χ1v) is 8.66. The second kappa shape index (κ2) is 6.98. The van der Waals surface area contributed by atoms with E-state index in [0.29, 0.717) is 10.6 Å². The Morgan fingerprint density at radius 2 is 2.12 bits per heavy atom. The summed E-state index contributed by atoms with van der Waals surface area (Å²) in [5.41, 5.74) is 1.57. The largest absolute Gasteiger partial charge is 0.506 e. The van der Waals surface area contributed by atoms with Crippen molar-refractivity contribution in [2.45, 2.75) is 5.16 Å². The van der Waals surface area contributed by atoms with Crippen LogP contribution in [0.5, 0.6) is 5.75 Å². The molecule has 0 fully saturated rings. The molecule has 0 aliphatic carbocycles. The molecule has 0 aliphatic heterocycles. The van der Waals surface area contributed by atoms with E-state index in [-0.39, 0.29) is 17.3 Å². The van der Waals surface area contributed by atoms with Crippen LogP contribution in [0, 0.1) is 0 Å². The van der Waals surface area contributed by atoms with Crippen LogP contribution in [0.1, 0.15) is 10.4 Å². The number of hydrogen-bond acceptors (Lipinski definition) is 4. The Kier molecular flexibility index (Phi) is 4.78. The summed E-state index contributed by atoms with van der Waals surface area (Å²) in [7, 11) is 0. The van der Waals surface area contributed by atoms with Crippen molar-refractivity contribution in [3.05, 3.63) is 65.4 Å². The summed E-state index contributed by atoms with van der Waals surface area (Å²) in [5.74, 6) is -0.372. The molecule has 0 saturated heterocycles. The van der Waals surface area contributed by atoms with Crippen molar-refractivity contribution in [3.8, 4) is 11.4 Å². The molecule has 0 aliphatic rings. The van der Waals surface area contributed by atoms with Crippen LogP contribution >= 0.6 is 23.4 Å². The molecule has 0 unspecified atom stereocenters. The van der Waals surface area contributed by atoms with Gasteiger partial charge in [-0.3, -0.25) is 9.36 Å². The van der Waals surface area contributed by atoms with Crippen LogP contribution in [0.2, 0.25) is 5.02 Å². The molecule has 3 rings (SSSR count). The van der Waals surface area contributed by atoms with Gasteiger partial charge in [-0.15, -0.1) is 0 Å². The average molecular weight is 360 g/mol. The molecule has 1 amide bonds. The van der Waals surface area contributed by atoms with Gasteiger partial charge in [0.1, 0.15) is 5.75 Å². The summed E-state index contributed by atoms with van der Waals surface area (Å²) in [6.07, 6.45) is 5.49. The average Bonchev–Trinajstić information content (AvgIpc) is 3.07. The van der Waals surface area contributed by atoms with Crippen LogP contribution in [0.3, 0.4) is 0 Å². The second-order valence-electron chi connectivity index (χ2n) is 4.95. The number of aromatic nitrogens is 2. The number of nitrogens with one attached hydrogen (secondary N) is 1. The maximum Gasteiger partial charge on any atom is 0.255 e. The van der Waals surface area contributed by atoms with Gasteiger partial charge in [-0.1, -0.05) is 29.4 Å². The van der Waals surface area contributed by atoms with E-state index in [1.165, 1.54) is 23.9 Å². The molecular formula is C17H14ClN3O2S. The topological polar surface area (TPSA) is 67.2 Å². The Hall–Kier alpha value is -2.44. The molecule has 2 N–H and O–H groups in total. The highest BCUT2D eigenvalue weighted by molar-refractivity contribution is 7.98. The van der Waals surface area contributed by atoms with Gasteiger partial charge >= 0.3 is 0 Å². The lowest BCUT2D eigenvalue weighted by atomic mass is 10.1. The number of carbonyl (C=O) groups is 1. The van der Waals surface area contributed by atoms with Gasteiger partial charge in [-0.2, -0.15) is 0 Å². The van der Waals surface area contributed by atoms with Crippen molar-refractivity contribution in [1.82, 2.24) is 9.55 Å². The zero-order valence-electron chi connectivity index (χ0n) is 12.7. The first-order valence-electron chi connectivity index (χ1n) is 7.06. The van der Waals surface area contributed by atoms with Crippen molar-refractivity contribution in [3.63, 3.8) is 0 Å². The molecule has 0 bridgehead atoms. The van der Waals surface area contributed by atoms with Crippen LogP contribution in [0.4, 0.5) is 5.69 Å². The van der Waals surface area contributed by atoms with Gasteiger partial charge in [0, 0.05) is 28.7 Å². The van der Waals surface area contributed by atoms with Gasteiger partial charge in [0.2, 0.25) is 0 Å². The van der Waals surface area contributed by atoms with Crippen molar-refractivity contribution in [1.29, 1.82) is 0 Å². The number of amides is 1. The Labute approximate surface area is 148 Å². The van der Waals surface area contributed by atoms with E-state index in [1.54, 1.807) is 30.5 Å². The predicted molar refractivity (Wildman–Crippen MR) is 96.4 cm³/mol. The van der Waals surface area contributed by atoms with E-state index < -0.39 is 0 Å². The molecule has 5 nitrogen and oxygen atoms in total. The molecule has 1 heterocycles. The first-order chi connectivity index (χ1) is 11.6. The highest BCUT2D eigenvalue weighted by atomic mass is 35.5. The lowest BCUT2D eigenvalue weighted by Gasteiger charge is -2.10.